The van der Waals surface area contributed by atoms with Crippen LogP contribution in [0.5, 0.6) is 0 Å². The number of carbonyl (C=O) groups is 6. The van der Waals surface area contributed by atoms with E-state index in [9.17, 15) is 55.8 Å². The van der Waals surface area contributed by atoms with Gasteiger partial charge in [0.05, 0.1) is 0 Å². The number of carboxylic acid groups (broad SMARTS) is 2. The van der Waals surface area contributed by atoms with Gasteiger partial charge in [0.2, 0.25) is 0 Å². The van der Waals surface area contributed by atoms with Crippen molar-refractivity contribution in [2.24, 2.45) is 11.5 Å². The summed E-state index contributed by atoms with van der Waals surface area (Å²) in [4.78, 5) is 64.3. The quantitative estimate of drug-likeness (QED) is 0.0803. The molecule has 4 atom stereocenters. The monoisotopic (exact) mass is 582 g/mol. The number of hydrogen-bond donors (Lipinski definition) is 4. The van der Waals surface area contributed by atoms with Gasteiger partial charge in [0, 0.05) is 24.8 Å². The minimum Gasteiger partial charge on any atom is -0.550 e. The van der Waals surface area contributed by atoms with E-state index in [1.54, 1.807) is 0 Å². The maximum Gasteiger partial charge on any atom is 1.00 e. The van der Waals surface area contributed by atoms with Crippen molar-refractivity contribution in [2.45, 2.75) is 49.3 Å². The molecule has 4 unspecified atom stereocenters. The maximum atomic E-state index is 11.1. The normalized spacial score (nSPS) is 13.9. The summed E-state index contributed by atoms with van der Waals surface area (Å²) in [6.45, 7) is 2.33. The third kappa shape index (κ3) is 18.2. The average Bonchev–Trinajstić information content (AvgIpc) is 2.62. The van der Waals surface area contributed by atoms with Gasteiger partial charge in [0.1, 0.15) is 12.1 Å². The summed E-state index contributed by atoms with van der Waals surface area (Å²) in [7, 11) is -10.0. The first-order valence-corrected chi connectivity index (χ1v) is 11.5. The molecule has 0 aliphatic heterocycles. The second-order valence-electron chi connectivity index (χ2n) is 6.22. The molecule has 6 N–H and O–H groups in total. The van der Waals surface area contributed by atoms with E-state index >= 15 is 0 Å². The molecular formula is C14H20N2Na2O16S2. The molecule has 196 valence electrons. The maximum absolute atomic E-state index is 11.1. The second-order valence-corrected chi connectivity index (χ2v) is 9.42. The summed E-state index contributed by atoms with van der Waals surface area (Å²) in [6, 6.07) is -2.41. The molecule has 0 amide bonds. The van der Waals surface area contributed by atoms with Crippen molar-refractivity contribution in [1.29, 1.82) is 0 Å². The first kappa shape index (κ1) is 42.1. The summed E-state index contributed by atoms with van der Waals surface area (Å²) >= 11 is 0. The molecule has 0 radical (unpaired) electrons. The third-order valence-electron chi connectivity index (χ3n) is 3.09. The van der Waals surface area contributed by atoms with Crippen molar-refractivity contribution < 1.29 is 134 Å². The summed E-state index contributed by atoms with van der Waals surface area (Å²) in [5.41, 5.74) is 10.1. The van der Waals surface area contributed by atoms with E-state index in [2.05, 4.69) is 9.47 Å². The van der Waals surface area contributed by atoms with Crippen molar-refractivity contribution in [3.63, 3.8) is 0 Å². The molecule has 0 bridgehead atoms. The largest absolute Gasteiger partial charge is 1.00 e. The van der Waals surface area contributed by atoms with E-state index in [1.165, 1.54) is 0 Å². The molecule has 0 rings (SSSR count). The molecule has 18 nitrogen and oxygen atoms in total. The number of carbonyl (C=O) groups excluding carboxylic acids is 6. The van der Waals surface area contributed by atoms with Crippen molar-refractivity contribution in [3.05, 3.63) is 0 Å². The third-order valence-corrected chi connectivity index (χ3v) is 5.25. The van der Waals surface area contributed by atoms with Gasteiger partial charge >= 0.3 is 83.0 Å². The summed E-state index contributed by atoms with van der Waals surface area (Å²) in [6.07, 6.45) is -2.66. The summed E-state index contributed by atoms with van der Waals surface area (Å²) in [5, 5.41) is 15.5. The average molecular weight is 582 g/mol. The number of nitrogens with two attached hydrogens (primary N) is 2. The zero-order valence-corrected chi connectivity index (χ0v) is 24.9. The van der Waals surface area contributed by atoms with E-state index in [0.29, 0.717) is 0 Å². The van der Waals surface area contributed by atoms with Crippen molar-refractivity contribution in [3.8, 4) is 0 Å². The van der Waals surface area contributed by atoms with Gasteiger partial charge in [-0.25, -0.2) is 9.59 Å². The van der Waals surface area contributed by atoms with Gasteiger partial charge in [-0.2, -0.15) is 16.8 Å². The molecule has 0 aliphatic carbocycles. The van der Waals surface area contributed by atoms with Crippen LogP contribution >= 0.6 is 0 Å². The number of ether oxygens (including phenoxy) is 2. The van der Waals surface area contributed by atoms with Gasteiger partial charge in [-0.1, -0.05) is 0 Å². The number of carboxylic acids is 2. The first-order chi connectivity index (χ1) is 15.1. The Labute approximate surface area is 248 Å². The predicted octanol–water partition coefficient (Wildman–Crippen LogP) is -12.4. The van der Waals surface area contributed by atoms with Crippen LogP contribution in [0.2, 0.25) is 0 Å². The van der Waals surface area contributed by atoms with Crippen molar-refractivity contribution in [1.82, 2.24) is 0 Å². The Bertz CT molecular complexity index is 943. The molecular weight excluding hydrogens is 562 g/mol. The second kappa shape index (κ2) is 18.3. The predicted molar refractivity (Wildman–Crippen MR) is 99.4 cm³/mol. The molecule has 0 aromatic heterocycles. The minimum atomic E-state index is -5.02. The smallest absolute Gasteiger partial charge is 0.550 e. The Kier molecular flexibility index (Phi) is 21.3. The number of rotatable bonds is 10. The summed E-state index contributed by atoms with van der Waals surface area (Å²) < 4.78 is 67.8. The summed E-state index contributed by atoms with van der Waals surface area (Å²) in [5.74, 6) is -9.75. The van der Waals surface area contributed by atoms with Gasteiger partial charge < -0.3 is 40.7 Å². The van der Waals surface area contributed by atoms with Crippen LogP contribution in [0.1, 0.15) is 26.7 Å². The van der Waals surface area contributed by atoms with Crippen molar-refractivity contribution >= 4 is 56.1 Å². The topological polar surface area (TPSA) is 328 Å². The number of aliphatic carboxylic acids is 2. The molecule has 0 aliphatic rings. The molecule has 36 heavy (non-hydrogen) atoms. The van der Waals surface area contributed by atoms with E-state index in [0.717, 1.165) is 13.8 Å². The Morgan fingerprint density at radius 2 is 0.889 bits per heavy atom. The van der Waals surface area contributed by atoms with E-state index in [4.69, 9.17) is 20.6 Å². The standard InChI is InChI=1S/2C7H11NO8S.2Na/c2*1-3(8)6(11)16-7(12)4(2-5(9)10)17(13,14)15;;/h2*3-4H,2,8H2,1H3,(H,9,10)(H,13,14,15);;/q;;2*+1/p-2. The van der Waals surface area contributed by atoms with Gasteiger partial charge in [0.25, 0.3) is 20.2 Å². The molecule has 22 heteroatoms. The van der Waals surface area contributed by atoms with E-state index in [-0.39, 0.29) is 59.1 Å². The molecule has 0 heterocycles. The van der Waals surface area contributed by atoms with Crippen LogP contribution in [-0.2, 0) is 58.5 Å². The molecule has 0 fully saturated rings. The van der Waals surface area contributed by atoms with Crippen LogP contribution in [0.3, 0.4) is 0 Å². The van der Waals surface area contributed by atoms with Gasteiger partial charge in [-0.05, 0) is 13.8 Å². The fourth-order valence-electron chi connectivity index (χ4n) is 1.44. The van der Waals surface area contributed by atoms with E-state index < -0.39 is 91.5 Å². The van der Waals surface area contributed by atoms with Gasteiger partial charge in [-0.15, -0.1) is 0 Å². The van der Waals surface area contributed by atoms with Crippen LogP contribution in [0.15, 0.2) is 0 Å². The molecule has 0 saturated heterocycles. The Balaban J connectivity index is -0.000000269. The molecule has 0 saturated carbocycles. The Hall–Kier alpha value is -1.04. The number of hydrogen-bond acceptors (Lipinski definition) is 16. The van der Waals surface area contributed by atoms with Crippen molar-refractivity contribution in [2.75, 3.05) is 0 Å². The SMILES string of the molecule is CC(N)C(=O)OC(=O)C(CC(=O)[O-])S(=O)(=O)O.CC(N)C(=O)OC(=O)C(CC(=O)[O-])S(=O)(=O)O.[Na+].[Na+]. The van der Waals surface area contributed by atoms with Crippen LogP contribution in [0, 0.1) is 0 Å². The Morgan fingerprint density at radius 1 is 0.667 bits per heavy atom. The minimum absolute atomic E-state index is 0. The first-order valence-electron chi connectivity index (χ1n) is 8.45. The fourth-order valence-corrected chi connectivity index (χ4v) is 2.71. The molecule has 0 aromatic carbocycles. The van der Waals surface area contributed by atoms with E-state index in [1.807, 2.05) is 0 Å². The zero-order valence-electron chi connectivity index (χ0n) is 19.3. The van der Waals surface area contributed by atoms with Gasteiger partial charge in [0.15, 0.2) is 10.5 Å². The van der Waals surface area contributed by atoms with Crippen LogP contribution in [0.25, 0.3) is 0 Å². The zero-order chi connectivity index (χ0) is 27.6. The van der Waals surface area contributed by atoms with Crippen LogP contribution in [0.4, 0.5) is 0 Å². The van der Waals surface area contributed by atoms with Gasteiger partial charge in [-0.3, -0.25) is 18.7 Å². The Morgan fingerprint density at radius 3 is 1.03 bits per heavy atom. The molecule has 0 spiro atoms. The molecule has 0 aromatic rings. The fraction of sp³-hybridized carbons (Fsp3) is 0.571. The number of esters is 4. The van der Waals surface area contributed by atoms with Crippen LogP contribution < -0.4 is 80.8 Å². The van der Waals surface area contributed by atoms with Crippen LogP contribution in [-0.4, -0.2) is 84.3 Å².